The lowest BCUT2D eigenvalue weighted by Gasteiger charge is -2.21. The van der Waals surface area contributed by atoms with Gasteiger partial charge in [-0.15, -0.1) is 0 Å². The summed E-state index contributed by atoms with van der Waals surface area (Å²) in [6.07, 6.45) is -1.97. The summed E-state index contributed by atoms with van der Waals surface area (Å²) >= 11 is 0. The summed E-state index contributed by atoms with van der Waals surface area (Å²) < 4.78 is 40.7. The van der Waals surface area contributed by atoms with Crippen LogP contribution >= 0.6 is 0 Å². The van der Waals surface area contributed by atoms with Crippen LogP contribution in [0.5, 0.6) is 0 Å². The number of hydrogen-bond acceptors (Lipinski definition) is 3. The van der Waals surface area contributed by atoms with Crippen molar-refractivity contribution < 1.29 is 22.8 Å². The minimum absolute atomic E-state index is 0.0367. The maximum atomic E-state index is 13.1. The number of alkyl halides is 3. The zero-order valence-electron chi connectivity index (χ0n) is 13.7. The number of carbonyl (C=O) groups is 2. The fraction of sp³-hybridized carbons (Fsp3) is 0.353. The molecular formula is C17H17F3N4O2. The molecule has 2 N–H and O–H groups in total. The number of nitrogens with one attached hydrogen (secondary N) is 2. The molecule has 1 aliphatic heterocycles. The molecule has 1 unspecified atom stereocenters. The molecule has 3 rings (SSSR count). The molecule has 0 radical (unpaired) electrons. The van der Waals surface area contributed by atoms with Crippen LogP contribution in [0.2, 0.25) is 0 Å². The van der Waals surface area contributed by atoms with Crippen LogP contribution in [0.3, 0.4) is 0 Å². The van der Waals surface area contributed by atoms with E-state index in [1.807, 2.05) is 0 Å². The summed E-state index contributed by atoms with van der Waals surface area (Å²) in [7, 11) is 0. The second-order valence-corrected chi connectivity index (χ2v) is 6.00. The van der Waals surface area contributed by atoms with Gasteiger partial charge in [-0.2, -0.15) is 18.3 Å². The molecule has 1 aromatic carbocycles. The molecule has 9 heteroatoms. The minimum Gasteiger partial charge on any atom is -0.355 e. The van der Waals surface area contributed by atoms with Crippen molar-refractivity contribution in [3.8, 4) is 0 Å². The van der Waals surface area contributed by atoms with Crippen molar-refractivity contribution >= 4 is 17.6 Å². The van der Waals surface area contributed by atoms with Gasteiger partial charge in [-0.25, -0.2) is 4.68 Å². The predicted molar refractivity (Wildman–Crippen MR) is 87.1 cm³/mol. The number of hydrogen-bond donors (Lipinski definition) is 2. The molecule has 1 fully saturated rings. The predicted octanol–water partition coefficient (Wildman–Crippen LogP) is 2.41. The molecule has 138 valence electrons. The third kappa shape index (κ3) is 3.87. The monoisotopic (exact) mass is 366 g/mol. The van der Waals surface area contributed by atoms with Crippen LogP contribution in [0.1, 0.15) is 24.0 Å². The number of benzene rings is 1. The number of piperidine rings is 1. The normalized spacial score (nSPS) is 17.7. The molecule has 26 heavy (non-hydrogen) atoms. The van der Waals surface area contributed by atoms with Crippen LogP contribution in [-0.2, 0) is 22.3 Å². The highest BCUT2D eigenvalue weighted by Gasteiger charge is 2.33. The van der Waals surface area contributed by atoms with Crippen molar-refractivity contribution in [1.82, 2.24) is 15.1 Å². The maximum absolute atomic E-state index is 13.1. The van der Waals surface area contributed by atoms with E-state index in [-0.39, 0.29) is 23.8 Å². The average molecular weight is 366 g/mol. The molecule has 1 aromatic heterocycles. The molecule has 2 aromatic rings. The molecular weight excluding hydrogens is 349 g/mol. The molecule has 0 saturated carbocycles. The lowest BCUT2D eigenvalue weighted by molar-refractivity contribution is -0.138. The van der Waals surface area contributed by atoms with Crippen LogP contribution in [0, 0.1) is 5.92 Å². The van der Waals surface area contributed by atoms with Crippen LogP contribution in [0.4, 0.5) is 19.0 Å². The van der Waals surface area contributed by atoms with E-state index in [4.69, 9.17) is 0 Å². The topological polar surface area (TPSA) is 76.0 Å². The molecule has 0 spiro atoms. The van der Waals surface area contributed by atoms with Crippen LogP contribution < -0.4 is 10.6 Å². The maximum Gasteiger partial charge on any atom is 0.416 e. The molecule has 1 saturated heterocycles. The molecule has 2 amide bonds. The Balaban J connectivity index is 1.78. The zero-order chi connectivity index (χ0) is 18.7. The Morgan fingerprint density at radius 3 is 2.81 bits per heavy atom. The minimum atomic E-state index is -4.48. The Hall–Kier alpha value is -2.84. The lowest BCUT2D eigenvalue weighted by Crippen LogP contribution is -2.42. The van der Waals surface area contributed by atoms with E-state index in [2.05, 4.69) is 15.7 Å². The van der Waals surface area contributed by atoms with E-state index in [0.29, 0.717) is 19.4 Å². The van der Waals surface area contributed by atoms with Gasteiger partial charge in [-0.3, -0.25) is 9.59 Å². The highest BCUT2D eigenvalue weighted by molar-refractivity contribution is 6.06. The number of amides is 2. The molecule has 1 atom stereocenters. The zero-order valence-corrected chi connectivity index (χ0v) is 13.7. The number of nitrogens with zero attached hydrogens (tertiary/aromatic N) is 2. The Bertz CT molecular complexity index is 816. The van der Waals surface area contributed by atoms with Crippen molar-refractivity contribution in [2.24, 2.45) is 5.92 Å². The number of aromatic nitrogens is 2. The summed E-state index contributed by atoms with van der Waals surface area (Å²) in [4.78, 5) is 24.1. The van der Waals surface area contributed by atoms with Gasteiger partial charge in [0.2, 0.25) is 11.8 Å². The third-order valence-corrected chi connectivity index (χ3v) is 4.21. The van der Waals surface area contributed by atoms with Gasteiger partial charge in [0, 0.05) is 12.6 Å². The fourth-order valence-corrected chi connectivity index (χ4v) is 2.90. The molecule has 0 bridgehead atoms. The smallest absolute Gasteiger partial charge is 0.355 e. The van der Waals surface area contributed by atoms with Gasteiger partial charge in [-0.1, -0.05) is 18.2 Å². The second kappa shape index (κ2) is 7.19. The molecule has 0 aliphatic carbocycles. The Morgan fingerprint density at radius 1 is 1.31 bits per heavy atom. The van der Waals surface area contributed by atoms with Gasteiger partial charge in [0.15, 0.2) is 0 Å². The molecule has 1 aliphatic rings. The lowest BCUT2D eigenvalue weighted by atomic mass is 9.98. The summed E-state index contributed by atoms with van der Waals surface area (Å²) in [6.45, 7) is 0.379. The second-order valence-electron chi connectivity index (χ2n) is 6.00. The Labute approximate surface area is 147 Å². The molecule has 6 nitrogen and oxygen atoms in total. The first-order chi connectivity index (χ1) is 12.4. The Kier molecular flexibility index (Phi) is 4.97. The van der Waals surface area contributed by atoms with Crippen molar-refractivity contribution in [3.05, 3.63) is 47.7 Å². The highest BCUT2D eigenvalue weighted by Crippen LogP contribution is 2.32. The quantitative estimate of drug-likeness (QED) is 0.816. The van der Waals surface area contributed by atoms with E-state index in [0.717, 1.165) is 6.07 Å². The third-order valence-electron chi connectivity index (χ3n) is 4.21. The number of rotatable bonds is 4. The summed E-state index contributed by atoms with van der Waals surface area (Å²) in [5.41, 5.74) is -0.714. The van der Waals surface area contributed by atoms with Gasteiger partial charge < -0.3 is 10.6 Å². The van der Waals surface area contributed by atoms with Crippen molar-refractivity contribution in [1.29, 1.82) is 0 Å². The van der Waals surface area contributed by atoms with Crippen LogP contribution in [0.25, 0.3) is 0 Å². The average Bonchev–Trinajstić information content (AvgIpc) is 3.01. The van der Waals surface area contributed by atoms with E-state index in [1.165, 1.54) is 35.1 Å². The van der Waals surface area contributed by atoms with Crippen molar-refractivity contribution in [2.75, 3.05) is 11.9 Å². The largest absolute Gasteiger partial charge is 0.416 e. The van der Waals surface area contributed by atoms with Gasteiger partial charge in [-0.05, 0) is 24.5 Å². The van der Waals surface area contributed by atoms with Gasteiger partial charge in [0.1, 0.15) is 11.7 Å². The first-order valence-electron chi connectivity index (χ1n) is 8.12. The van der Waals surface area contributed by atoms with E-state index in [9.17, 15) is 22.8 Å². The van der Waals surface area contributed by atoms with Crippen molar-refractivity contribution in [3.63, 3.8) is 0 Å². The first-order valence-corrected chi connectivity index (χ1v) is 8.12. The van der Waals surface area contributed by atoms with Gasteiger partial charge in [0.05, 0.1) is 18.3 Å². The van der Waals surface area contributed by atoms with Crippen molar-refractivity contribution in [2.45, 2.75) is 25.6 Å². The highest BCUT2D eigenvalue weighted by atomic mass is 19.4. The summed E-state index contributed by atoms with van der Waals surface area (Å²) in [5, 5.41) is 9.20. The van der Waals surface area contributed by atoms with Gasteiger partial charge >= 0.3 is 6.18 Å². The first kappa shape index (κ1) is 18.0. The Morgan fingerprint density at radius 2 is 2.08 bits per heavy atom. The van der Waals surface area contributed by atoms with E-state index < -0.39 is 23.6 Å². The fourth-order valence-electron chi connectivity index (χ4n) is 2.90. The molecule has 2 heterocycles. The SMILES string of the molecule is O=C1NCCCC1C(=O)Nc1ccnn1Cc1ccccc1C(F)(F)F. The number of anilines is 1. The summed E-state index contributed by atoms with van der Waals surface area (Å²) in [6, 6.07) is 6.68. The number of carbonyl (C=O) groups excluding carboxylic acids is 2. The van der Waals surface area contributed by atoms with Crippen LogP contribution in [-0.4, -0.2) is 28.1 Å². The van der Waals surface area contributed by atoms with E-state index in [1.54, 1.807) is 0 Å². The van der Waals surface area contributed by atoms with Gasteiger partial charge in [0.25, 0.3) is 0 Å². The van der Waals surface area contributed by atoms with E-state index >= 15 is 0 Å². The standard InChI is InChI=1S/C17H17F3N4O2/c18-17(19,20)13-6-2-1-4-11(13)10-24-14(7-9-22-24)23-16(26)12-5-3-8-21-15(12)25/h1-2,4,6-7,9,12H,3,5,8,10H2,(H,21,25)(H,23,26). The summed E-state index contributed by atoms with van der Waals surface area (Å²) in [5.74, 6) is -1.41. The van der Waals surface area contributed by atoms with Crippen LogP contribution in [0.15, 0.2) is 36.5 Å². The number of halogens is 3.